The maximum atomic E-state index is 9.34. The monoisotopic (exact) mass is 245 g/mol. The van der Waals surface area contributed by atoms with Crippen molar-refractivity contribution in [3.63, 3.8) is 0 Å². The lowest BCUT2D eigenvalue weighted by molar-refractivity contribution is 0.194. The molecule has 0 saturated carbocycles. The van der Waals surface area contributed by atoms with E-state index in [4.69, 9.17) is 9.84 Å². The first-order chi connectivity index (χ1) is 8.69. The Balaban J connectivity index is 2.08. The van der Waals surface area contributed by atoms with Crippen LogP contribution in [0.15, 0.2) is 42.6 Å². The zero-order chi connectivity index (χ0) is 13.0. The average Bonchev–Trinajstić information content (AvgIpc) is 2.40. The Labute approximate surface area is 106 Å². The first-order valence-electron chi connectivity index (χ1n) is 5.70. The molecule has 1 heterocycles. The van der Waals surface area contributed by atoms with Crippen molar-refractivity contribution in [2.24, 2.45) is 0 Å². The third-order valence-electron chi connectivity index (χ3n) is 2.53. The Hall–Kier alpha value is -1.91. The highest BCUT2D eigenvalue weighted by Gasteiger charge is 2.03. The summed E-state index contributed by atoms with van der Waals surface area (Å²) in [5.41, 5.74) is 1.45. The van der Waals surface area contributed by atoms with Crippen molar-refractivity contribution in [3.05, 3.63) is 53.9 Å². The summed E-state index contributed by atoms with van der Waals surface area (Å²) in [7, 11) is 0. The van der Waals surface area contributed by atoms with Crippen LogP contribution >= 0.6 is 0 Å². The highest BCUT2D eigenvalue weighted by atomic mass is 16.5. The lowest BCUT2D eigenvalue weighted by Crippen LogP contribution is -1.95. The van der Waals surface area contributed by atoms with Crippen LogP contribution in [-0.2, 0) is 6.61 Å². The van der Waals surface area contributed by atoms with E-state index < -0.39 is 6.10 Å². The molecular formula is C14H15NO3. The molecule has 1 aromatic carbocycles. The Morgan fingerprint density at radius 3 is 2.28 bits per heavy atom. The van der Waals surface area contributed by atoms with Gasteiger partial charge in [-0.1, -0.05) is 12.1 Å². The molecule has 4 heteroatoms. The number of nitrogens with zero attached hydrogens (tertiary/aromatic N) is 1. The Morgan fingerprint density at radius 2 is 1.78 bits per heavy atom. The van der Waals surface area contributed by atoms with Gasteiger partial charge in [0.2, 0.25) is 0 Å². The van der Waals surface area contributed by atoms with Gasteiger partial charge < -0.3 is 14.9 Å². The molecule has 0 bridgehead atoms. The number of rotatable bonds is 4. The molecule has 18 heavy (non-hydrogen) atoms. The van der Waals surface area contributed by atoms with Crippen LogP contribution in [0.1, 0.15) is 24.3 Å². The zero-order valence-corrected chi connectivity index (χ0v) is 10.1. The van der Waals surface area contributed by atoms with Gasteiger partial charge in [-0.05, 0) is 36.8 Å². The molecule has 0 spiro atoms. The number of hydrogen-bond donors (Lipinski definition) is 2. The Kier molecular flexibility index (Phi) is 3.92. The largest absolute Gasteiger partial charge is 0.456 e. The summed E-state index contributed by atoms with van der Waals surface area (Å²) >= 11 is 0. The summed E-state index contributed by atoms with van der Waals surface area (Å²) in [6.45, 7) is 1.68. The van der Waals surface area contributed by atoms with Crippen LogP contribution in [0, 0.1) is 0 Å². The topological polar surface area (TPSA) is 62.6 Å². The molecule has 94 valence electrons. The standard InChI is InChI=1S/C14H15NO3/c1-10(17)14-7-6-13(8-15-14)18-12-4-2-11(9-16)3-5-12/h2-8,10,16-17H,9H2,1H3. The van der Waals surface area contributed by atoms with E-state index in [1.165, 1.54) is 0 Å². The Morgan fingerprint density at radius 1 is 1.11 bits per heavy atom. The first kappa shape index (κ1) is 12.5. The lowest BCUT2D eigenvalue weighted by Gasteiger charge is -2.07. The maximum absolute atomic E-state index is 9.34. The second-order valence-electron chi connectivity index (χ2n) is 4.00. The predicted molar refractivity (Wildman–Crippen MR) is 67.3 cm³/mol. The van der Waals surface area contributed by atoms with Crippen LogP contribution in [0.2, 0.25) is 0 Å². The molecule has 1 unspecified atom stereocenters. The van der Waals surface area contributed by atoms with Crippen molar-refractivity contribution in [2.75, 3.05) is 0 Å². The number of ether oxygens (including phenoxy) is 1. The molecule has 2 aromatic rings. The number of aliphatic hydroxyl groups is 2. The number of hydrogen-bond acceptors (Lipinski definition) is 4. The molecular weight excluding hydrogens is 230 g/mol. The highest BCUT2D eigenvalue weighted by molar-refractivity contribution is 5.32. The summed E-state index contributed by atoms with van der Waals surface area (Å²) in [5.74, 6) is 1.29. The smallest absolute Gasteiger partial charge is 0.145 e. The van der Waals surface area contributed by atoms with Crippen LogP contribution in [0.4, 0.5) is 0 Å². The predicted octanol–water partition coefficient (Wildman–Crippen LogP) is 2.42. The van der Waals surface area contributed by atoms with Gasteiger partial charge in [0, 0.05) is 0 Å². The van der Waals surface area contributed by atoms with E-state index in [1.807, 2.05) is 0 Å². The van der Waals surface area contributed by atoms with E-state index in [0.717, 1.165) is 5.56 Å². The summed E-state index contributed by atoms with van der Waals surface area (Å²) < 4.78 is 5.59. The second-order valence-corrected chi connectivity index (χ2v) is 4.00. The molecule has 0 amide bonds. The van der Waals surface area contributed by atoms with Crippen LogP contribution < -0.4 is 4.74 Å². The quantitative estimate of drug-likeness (QED) is 0.868. The van der Waals surface area contributed by atoms with Gasteiger partial charge >= 0.3 is 0 Å². The number of aromatic nitrogens is 1. The number of benzene rings is 1. The first-order valence-corrected chi connectivity index (χ1v) is 5.70. The van der Waals surface area contributed by atoms with E-state index in [9.17, 15) is 5.11 Å². The molecule has 0 radical (unpaired) electrons. The molecule has 4 nitrogen and oxygen atoms in total. The average molecular weight is 245 g/mol. The summed E-state index contributed by atoms with van der Waals surface area (Å²) in [4.78, 5) is 4.09. The molecule has 0 aliphatic rings. The van der Waals surface area contributed by atoms with Crippen LogP contribution in [-0.4, -0.2) is 15.2 Å². The Bertz CT molecular complexity index is 491. The molecule has 0 saturated heterocycles. The van der Waals surface area contributed by atoms with Crippen molar-refractivity contribution in [2.45, 2.75) is 19.6 Å². The van der Waals surface area contributed by atoms with Gasteiger partial charge in [0.15, 0.2) is 0 Å². The third-order valence-corrected chi connectivity index (χ3v) is 2.53. The molecule has 2 N–H and O–H groups in total. The fourth-order valence-corrected chi connectivity index (χ4v) is 1.50. The highest BCUT2D eigenvalue weighted by Crippen LogP contribution is 2.22. The van der Waals surface area contributed by atoms with Crippen molar-refractivity contribution in [3.8, 4) is 11.5 Å². The minimum Gasteiger partial charge on any atom is -0.456 e. The van der Waals surface area contributed by atoms with Gasteiger partial charge in [0.1, 0.15) is 11.5 Å². The molecule has 2 rings (SSSR count). The summed E-state index contributed by atoms with van der Waals surface area (Å²) in [5, 5.41) is 18.3. The van der Waals surface area contributed by atoms with Gasteiger partial charge in [-0.15, -0.1) is 0 Å². The van der Waals surface area contributed by atoms with Gasteiger partial charge in [-0.3, -0.25) is 4.98 Å². The van der Waals surface area contributed by atoms with Crippen molar-refractivity contribution >= 4 is 0 Å². The lowest BCUT2D eigenvalue weighted by atomic mass is 10.2. The van der Waals surface area contributed by atoms with Gasteiger partial charge in [0.25, 0.3) is 0 Å². The fraction of sp³-hybridized carbons (Fsp3) is 0.214. The van der Waals surface area contributed by atoms with E-state index in [2.05, 4.69) is 4.98 Å². The number of pyridine rings is 1. The van der Waals surface area contributed by atoms with Gasteiger partial charge in [-0.2, -0.15) is 0 Å². The van der Waals surface area contributed by atoms with Crippen molar-refractivity contribution in [1.29, 1.82) is 0 Å². The minimum atomic E-state index is -0.581. The molecule has 1 aromatic heterocycles. The second kappa shape index (κ2) is 5.62. The summed E-state index contributed by atoms with van der Waals surface area (Å²) in [6.07, 6.45) is 0.991. The minimum absolute atomic E-state index is 0.0188. The summed E-state index contributed by atoms with van der Waals surface area (Å²) in [6, 6.07) is 10.7. The van der Waals surface area contributed by atoms with E-state index in [0.29, 0.717) is 17.2 Å². The van der Waals surface area contributed by atoms with Crippen LogP contribution in [0.25, 0.3) is 0 Å². The van der Waals surface area contributed by atoms with Crippen LogP contribution in [0.5, 0.6) is 11.5 Å². The normalized spacial score (nSPS) is 12.2. The van der Waals surface area contributed by atoms with Crippen molar-refractivity contribution < 1.29 is 14.9 Å². The molecule has 0 aliphatic heterocycles. The SMILES string of the molecule is CC(O)c1ccc(Oc2ccc(CO)cc2)cn1. The number of aliphatic hydroxyl groups excluding tert-OH is 2. The van der Waals surface area contributed by atoms with E-state index in [-0.39, 0.29) is 6.61 Å². The molecule has 1 atom stereocenters. The van der Waals surface area contributed by atoms with E-state index in [1.54, 1.807) is 49.5 Å². The van der Waals surface area contributed by atoms with E-state index >= 15 is 0 Å². The van der Waals surface area contributed by atoms with Gasteiger partial charge in [-0.25, -0.2) is 0 Å². The maximum Gasteiger partial charge on any atom is 0.145 e. The van der Waals surface area contributed by atoms with Crippen LogP contribution in [0.3, 0.4) is 0 Å². The van der Waals surface area contributed by atoms with Crippen molar-refractivity contribution in [1.82, 2.24) is 4.98 Å². The third kappa shape index (κ3) is 3.06. The zero-order valence-electron chi connectivity index (χ0n) is 10.1. The molecule has 0 fully saturated rings. The fourth-order valence-electron chi connectivity index (χ4n) is 1.50. The van der Waals surface area contributed by atoms with Gasteiger partial charge in [0.05, 0.1) is 24.6 Å². The molecule has 0 aliphatic carbocycles.